The van der Waals surface area contributed by atoms with E-state index in [9.17, 15) is 14.4 Å². The first-order chi connectivity index (χ1) is 15.9. The summed E-state index contributed by atoms with van der Waals surface area (Å²) in [6.45, 7) is 5.36. The number of ketones is 1. The van der Waals surface area contributed by atoms with Gasteiger partial charge in [0.25, 0.3) is 0 Å². The number of rotatable bonds is 9. The smallest absolute Gasteiger partial charge is 0.331 e. The van der Waals surface area contributed by atoms with Gasteiger partial charge < -0.3 is 10.1 Å². The van der Waals surface area contributed by atoms with E-state index >= 15 is 0 Å². The highest BCUT2D eigenvalue weighted by Gasteiger charge is 2.12. The van der Waals surface area contributed by atoms with E-state index in [4.69, 9.17) is 4.74 Å². The summed E-state index contributed by atoms with van der Waals surface area (Å²) < 4.78 is 6.92. The number of hydrogen-bond donors (Lipinski definition) is 1. The maximum Gasteiger partial charge on any atom is 0.331 e. The molecule has 2 aromatic carbocycles. The number of benzene rings is 2. The lowest BCUT2D eigenvalue weighted by Crippen LogP contribution is -2.13. The van der Waals surface area contributed by atoms with Gasteiger partial charge in [-0.15, -0.1) is 0 Å². The topological polar surface area (TPSA) is 90.3 Å². The monoisotopic (exact) mass is 445 g/mol. The number of anilines is 1. The zero-order valence-corrected chi connectivity index (χ0v) is 19.0. The van der Waals surface area contributed by atoms with Crippen molar-refractivity contribution in [3.8, 4) is 5.69 Å². The Balaban J connectivity index is 1.57. The van der Waals surface area contributed by atoms with Crippen LogP contribution in [0.5, 0.6) is 0 Å². The number of para-hydroxylation sites is 1. The van der Waals surface area contributed by atoms with Crippen molar-refractivity contribution in [1.29, 1.82) is 0 Å². The highest BCUT2D eigenvalue weighted by atomic mass is 16.5. The zero-order valence-electron chi connectivity index (χ0n) is 19.0. The van der Waals surface area contributed by atoms with Crippen LogP contribution in [0.1, 0.15) is 47.1 Å². The van der Waals surface area contributed by atoms with Gasteiger partial charge in [-0.25, -0.2) is 9.48 Å². The minimum absolute atomic E-state index is 0.0721. The number of nitrogens with one attached hydrogen (secondary N) is 1. The third-order valence-electron chi connectivity index (χ3n) is 5.05. The molecule has 7 heteroatoms. The normalized spacial score (nSPS) is 10.9. The van der Waals surface area contributed by atoms with Gasteiger partial charge in [0, 0.05) is 35.0 Å². The quantitative estimate of drug-likeness (QED) is 0.294. The lowest BCUT2D eigenvalue weighted by Gasteiger charge is -2.06. The third-order valence-corrected chi connectivity index (χ3v) is 5.05. The fourth-order valence-electron chi connectivity index (χ4n) is 3.33. The molecule has 3 aromatic rings. The van der Waals surface area contributed by atoms with Crippen molar-refractivity contribution in [3.05, 3.63) is 83.2 Å². The molecular formula is C26H27N3O4. The van der Waals surface area contributed by atoms with Crippen molar-refractivity contribution in [2.24, 2.45) is 0 Å². The van der Waals surface area contributed by atoms with Gasteiger partial charge in [0.15, 0.2) is 12.4 Å². The summed E-state index contributed by atoms with van der Waals surface area (Å²) in [6.07, 6.45) is 4.15. The number of nitrogens with zero attached hydrogens (tertiary/aromatic N) is 2. The van der Waals surface area contributed by atoms with Gasteiger partial charge in [-0.1, -0.05) is 25.1 Å². The van der Waals surface area contributed by atoms with Crippen LogP contribution in [0.2, 0.25) is 0 Å². The van der Waals surface area contributed by atoms with Crippen molar-refractivity contribution in [2.75, 3.05) is 11.9 Å². The molecule has 0 aliphatic heterocycles. The lowest BCUT2D eigenvalue weighted by molar-refractivity contribution is -0.136. The number of aromatic nitrogens is 2. The van der Waals surface area contributed by atoms with Gasteiger partial charge >= 0.3 is 5.97 Å². The number of carbonyl (C=O) groups excluding carboxylic acids is 3. The van der Waals surface area contributed by atoms with E-state index in [-0.39, 0.29) is 18.3 Å². The number of carbonyl (C=O) groups is 3. The minimum atomic E-state index is -0.613. The molecule has 0 radical (unpaired) electrons. The molecule has 170 valence electrons. The predicted molar refractivity (Wildman–Crippen MR) is 127 cm³/mol. The van der Waals surface area contributed by atoms with Gasteiger partial charge in [-0.05, 0) is 62.7 Å². The number of amides is 1. The van der Waals surface area contributed by atoms with Crippen LogP contribution < -0.4 is 5.32 Å². The molecule has 0 saturated heterocycles. The second-order valence-corrected chi connectivity index (χ2v) is 7.57. The predicted octanol–water partition coefficient (Wildman–Crippen LogP) is 4.67. The summed E-state index contributed by atoms with van der Waals surface area (Å²) in [5.41, 5.74) is 4.44. The molecule has 0 fully saturated rings. The summed E-state index contributed by atoms with van der Waals surface area (Å²) >= 11 is 0. The molecule has 0 spiro atoms. The molecule has 0 saturated carbocycles. The van der Waals surface area contributed by atoms with Crippen LogP contribution in [0.25, 0.3) is 11.8 Å². The molecule has 3 rings (SSSR count). The Morgan fingerprint density at radius 1 is 1.03 bits per heavy atom. The molecule has 33 heavy (non-hydrogen) atoms. The van der Waals surface area contributed by atoms with Gasteiger partial charge in [0.1, 0.15) is 0 Å². The van der Waals surface area contributed by atoms with Gasteiger partial charge in [0.2, 0.25) is 5.91 Å². The minimum Gasteiger partial charge on any atom is -0.454 e. The van der Waals surface area contributed by atoms with Crippen molar-refractivity contribution in [1.82, 2.24) is 9.78 Å². The maximum atomic E-state index is 12.3. The Kier molecular flexibility index (Phi) is 7.91. The van der Waals surface area contributed by atoms with Gasteiger partial charge in [-0.3, -0.25) is 9.59 Å². The molecule has 7 nitrogen and oxygen atoms in total. The standard InChI is InChI=1S/C26H27N3O4/c1-4-8-25(31)27-21-13-11-20(12-14-21)24(30)17-33-26(32)16-15-23-18(2)28-29(19(23)3)22-9-6-5-7-10-22/h5-7,9-16H,4,8,17H2,1-3H3,(H,27,31). The first kappa shape index (κ1) is 23.7. The SMILES string of the molecule is CCCC(=O)Nc1ccc(C(=O)COC(=O)C=Cc2c(C)nn(-c3ccccc3)c2C)cc1. The first-order valence-electron chi connectivity index (χ1n) is 10.8. The van der Waals surface area contributed by atoms with E-state index in [1.54, 1.807) is 30.3 Å². The average Bonchev–Trinajstić information content (AvgIpc) is 3.10. The highest BCUT2D eigenvalue weighted by molar-refractivity contribution is 5.99. The largest absolute Gasteiger partial charge is 0.454 e. The Bertz CT molecular complexity index is 1160. The first-order valence-corrected chi connectivity index (χ1v) is 10.8. The maximum absolute atomic E-state index is 12.3. The second kappa shape index (κ2) is 11.0. The van der Waals surface area contributed by atoms with Gasteiger partial charge in [0.05, 0.1) is 11.4 Å². The fraction of sp³-hybridized carbons (Fsp3) is 0.231. The van der Waals surface area contributed by atoms with E-state index in [0.29, 0.717) is 17.7 Å². The van der Waals surface area contributed by atoms with Crippen molar-refractivity contribution in [2.45, 2.75) is 33.6 Å². The van der Waals surface area contributed by atoms with Crippen LogP contribution in [0.3, 0.4) is 0 Å². The van der Waals surface area contributed by atoms with Gasteiger partial charge in [-0.2, -0.15) is 5.10 Å². The Hall–Kier alpha value is -4.00. The fourth-order valence-corrected chi connectivity index (χ4v) is 3.33. The molecule has 1 N–H and O–H groups in total. The van der Waals surface area contributed by atoms with Crippen molar-refractivity contribution >= 4 is 29.4 Å². The summed E-state index contributed by atoms with van der Waals surface area (Å²) in [5, 5.41) is 7.30. The van der Waals surface area contributed by atoms with Crippen LogP contribution in [-0.4, -0.2) is 34.0 Å². The molecule has 1 aromatic heterocycles. The van der Waals surface area contributed by atoms with Crippen molar-refractivity contribution < 1.29 is 19.1 Å². The molecule has 0 unspecified atom stereocenters. The van der Waals surface area contributed by atoms with E-state index in [2.05, 4.69) is 10.4 Å². The Labute approximate surface area is 193 Å². The molecule has 0 aliphatic rings. The average molecular weight is 446 g/mol. The molecule has 0 aliphatic carbocycles. The second-order valence-electron chi connectivity index (χ2n) is 7.57. The van der Waals surface area contributed by atoms with Crippen LogP contribution in [0.4, 0.5) is 5.69 Å². The van der Waals surface area contributed by atoms with E-state index in [1.165, 1.54) is 6.08 Å². The van der Waals surface area contributed by atoms with E-state index < -0.39 is 5.97 Å². The number of ether oxygens (including phenoxy) is 1. The lowest BCUT2D eigenvalue weighted by atomic mass is 10.1. The molecule has 0 bridgehead atoms. The molecular weight excluding hydrogens is 418 g/mol. The molecule has 1 heterocycles. The molecule has 1 amide bonds. The summed E-state index contributed by atoms with van der Waals surface area (Å²) in [4.78, 5) is 36.1. The number of Topliss-reactive ketones (excluding diaryl/α,β-unsaturated/α-hetero) is 1. The summed E-state index contributed by atoms with van der Waals surface area (Å²) in [6, 6.07) is 16.2. The van der Waals surface area contributed by atoms with Crippen LogP contribution in [-0.2, 0) is 14.3 Å². The Morgan fingerprint density at radius 3 is 2.39 bits per heavy atom. The zero-order chi connectivity index (χ0) is 23.8. The van der Waals surface area contributed by atoms with E-state index in [1.807, 2.05) is 55.8 Å². The summed E-state index contributed by atoms with van der Waals surface area (Å²) in [5.74, 6) is -1.01. The molecule has 0 atom stereocenters. The number of hydrogen-bond acceptors (Lipinski definition) is 5. The Morgan fingerprint density at radius 2 is 1.73 bits per heavy atom. The van der Waals surface area contributed by atoms with E-state index in [0.717, 1.165) is 29.1 Å². The summed E-state index contributed by atoms with van der Waals surface area (Å²) in [7, 11) is 0. The van der Waals surface area contributed by atoms with Crippen LogP contribution in [0.15, 0.2) is 60.7 Å². The third kappa shape index (κ3) is 6.26. The number of aryl methyl sites for hydroxylation is 1. The highest BCUT2D eigenvalue weighted by Crippen LogP contribution is 2.19. The van der Waals surface area contributed by atoms with Crippen LogP contribution in [0, 0.1) is 13.8 Å². The van der Waals surface area contributed by atoms with Crippen LogP contribution >= 0.6 is 0 Å². The number of esters is 1. The van der Waals surface area contributed by atoms with Crippen molar-refractivity contribution in [3.63, 3.8) is 0 Å².